The number of aryl methyl sites for hydroxylation is 1. The molecule has 0 nitrogen and oxygen atoms in total. The number of unbranched alkanes of at least 4 members (excludes halogenated alkanes) is 3. The molecule has 0 saturated heterocycles. The van der Waals surface area contributed by atoms with Crippen LogP contribution in [0.5, 0.6) is 0 Å². The van der Waals surface area contributed by atoms with Gasteiger partial charge in [0.2, 0.25) is 0 Å². The smallest absolute Gasteiger partial charge is 0.0131 e. The molecular formula is C15H20. The van der Waals surface area contributed by atoms with Crippen molar-refractivity contribution in [2.24, 2.45) is 0 Å². The monoisotopic (exact) mass is 200 g/mol. The summed E-state index contributed by atoms with van der Waals surface area (Å²) in [7, 11) is 0. The molecule has 0 unspecified atom stereocenters. The zero-order valence-corrected chi connectivity index (χ0v) is 9.79. The van der Waals surface area contributed by atoms with Crippen LogP contribution in [0.15, 0.2) is 36.1 Å². The molecule has 0 atom stereocenters. The Kier molecular flexibility index (Phi) is 5.58. The van der Waals surface area contributed by atoms with Gasteiger partial charge >= 0.3 is 0 Å². The molecule has 15 heavy (non-hydrogen) atoms. The zero-order valence-electron chi connectivity index (χ0n) is 9.79. The molecule has 0 aliphatic heterocycles. The molecule has 0 heteroatoms. The molecule has 0 aliphatic rings. The molecule has 0 amide bonds. The summed E-state index contributed by atoms with van der Waals surface area (Å²) >= 11 is 0. The first-order valence-corrected chi connectivity index (χ1v) is 5.80. The third-order valence-electron chi connectivity index (χ3n) is 2.40. The highest BCUT2D eigenvalue weighted by molar-refractivity contribution is 5.48. The van der Waals surface area contributed by atoms with Gasteiger partial charge in [-0.1, -0.05) is 49.6 Å². The minimum atomic E-state index is 1.15. The van der Waals surface area contributed by atoms with E-state index < -0.39 is 0 Å². The first-order valence-electron chi connectivity index (χ1n) is 5.80. The Labute approximate surface area is 93.3 Å². The first kappa shape index (κ1) is 11.8. The van der Waals surface area contributed by atoms with Crippen molar-refractivity contribution in [2.45, 2.75) is 39.5 Å². The lowest BCUT2D eigenvalue weighted by Gasteiger charge is -1.92. The van der Waals surface area contributed by atoms with Gasteiger partial charge in [-0.15, -0.1) is 5.73 Å². The predicted molar refractivity (Wildman–Crippen MR) is 67.9 cm³/mol. The van der Waals surface area contributed by atoms with E-state index in [2.05, 4.69) is 49.9 Å². The Morgan fingerprint density at radius 3 is 2.53 bits per heavy atom. The molecule has 0 radical (unpaired) electrons. The largest absolute Gasteiger partial charge is 0.125 e. The quantitative estimate of drug-likeness (QED) is 0.475. The van der Waals surface area contributed by atoms with Crippen molar-refractivity contribution in [3.63, 3.8) is 0 Å². The third kappa shape index (κ3) is 5.24. The average Bonchev–Trinajstić information content (AvgIpc) is 2.26. The van der Waals surface area contributed by atoms with Crippen molar-refractivity contribution in [3.8, 4) is 0 Å². The fourth-order valence-corrected chi connectivity index (χ4v) is 1.40. The van der Waals surface area contributed by atoms with Gasteiger partial charge in [-0.05, 0) is 37.5 Å². The van der Waals surface area contributed by atoms with E-state index in [0.29, 0.717) is 0 Å². The predicted octanol–water partition coefficient (Wildman–Crippen LogP) is 4.74. The summed E-state index contributed by atoms with van der Waals surface area (Å²) < 4.78 is 0. The second-order valence-electron chi connectivity index (χ2n) is 3.92. The second-order valence-corrected chi connectivity index (χ2v) is 3.92. The van der Waals surface area contributed by atoms with E-state index in [1.54, 1.807) is 0 Å². The molecule has 0 aromatic heterocycles. The lowest BCUT2D eigenvalue weighted by molar-refractivity contribution is 0.729. The number of hydrogen-bond acceptors (Lipinski definition) is 0. The molecule has 1 rings (SSSR count). The lowest BCUT2D eigenvalue weighted by Crippen LogP contribution is -1.72. The maximum atomic E-state index is 3.23. The molecule has 80 valence electrons. The summed E-state index contributed by atoms with van der Waals surface area (Å²) in [4.78, 5) is 0. The number of allylic oxidation sites excluding steroid dienone is 1. The fraction of sp³-hybridized carbons (Fsp3) is 0.400. The summed E-state index contributed by atoms with van der Waals surface area (Å²) in [6.45, 7) is 4.33. The lowest BCUT2D eigenvalue weighted by atomic mass is 10.1. The zero-order chi connectivity index (χ0) is 10.9. The van der Waals surface area contributed by atoms with Crippen molar-refractivity contribution in [2.75, 3.05) is 0 Å². The summed E-state index contributed by atoms with van der Waals surface area (Å²) in [6.07, 6.45) is 9.22. The minimum Gasteiger partial charge on any atom is -0.125 e. The van der Waals surface area contributed by atoms with Crippen LogP contribution in [-0.4, -0.2) is 0 Å². The minimum absolute atomic E-state index is 1.15. The molecule has 1 aromatic carbocycles. The third-order valence-corrected chi connectivity index (χ3v) is 2.40. The van der Waals surface area contributed by atoms with Gasteiger partial charge in [0.15, 0.2) is 0 Å². The highest BCUT2D eigenvalue weighted by atomic mass is 13.9. The summed E-state index contributed by atoms with van der Waals surface area (Å²) in [6, 6.07) is 8.51. The standard InChI is InChI=1S/C15H20/c1-3-4-5-6-7-8-9-15-12-10-14(2)11-13-15/h7,9-13H,3-6H2,1-2H3. The fourth-order valence-electron chi connectivity index (χ4n) is 1.40. The van der Waals surface area contributed by atoms with Crippen LogP contribution in [0.25, 0.3) is 6.08 Å². The number of hydrogen-bond donors (Lipinski definition) is 0. The first-order chi connectivity index (χ1) is 7.33. The normalized spacial score (nSPS) is 9.47. The van der Waals surface area contributed by atoms with Gasteiger partial charge in [0, 0.05) is 0 Å². The van der Waals surface area contributed by atoms with Gasteiger partial charge in [-0.2, -0.15) is 0 Å². The van der Waals surface area contributed by atoms with E-state index in [1.165, 1.54) is 30.4 Å². The average molecular weight is 200 g/mol. The van der Waals surface area contributed by atoms with Crippen molar-refractivity contribution in [3.05, 3.63) is 47.2 Å². The molecule has 0 spiro atoms. The Bertz CT molecular complexity index is 324. The van der Waals surface area contributed by atoms with Gasteiger partial charge in [0.05, 0.1) is 0 Å². The molecule has 0 bridgehead atoms. The highest BCUT2D eigenvalue weighted by Gasteiger charge is 1.84. The van der Waals surface area contributed by atoms with Crippen LogP contribution in [0.4, 0.5) is 0 Å². The summed E-state index contributed by atoms with van der Waals surface area (Å²) in [5.41, 5.74) is 5.76. The Balaban J connectivity index is 2.40. The number of benzene rings is 1. The summed E-state index contributed by atoms with van der Waals surface area (Å²) in [5, 5.41) is 0. The van der Waals surface area contributed by atoms with Crippen LogP contribution in [-0.2, 0) is 0 Å². The maximum Gasteiger partial charge on any atom is -0.0131 e. The van der Waals surface area contributed by atoms with Gasteiger partial charge in [0.1, 0.15) is 0 Å². The van der Waals surface area contributed by atoms with E-state index in [4.69, 9.17) is 0 Å². The molecule has 0 heterocycles. The van der Waals surface area contributed by atoms with Crippen molar-refractivity contribution >= 4 is 6.08 Å². The van der Waals surface area contributed by atoms with Gasteiger partial charge in [-0.3, -0.25) is 0 Å². The van der Waals surface area contributed by atoms with E-state index in [-0.39, 0.29) is 0 Å². The number of rotatable bonds is 5. The van der Waals surface area contributed by atoms with Crippen LogP contribution in [0.1, 0.15) is 43.7 Å². The second kappa shape index (κ2) is 7.09. The molecule has 0 aliphatic carbocycles. The molecule has 0 fully saturated rings. The highest BCUT2D eigenvalue weighted by Crippen LogP contribution is 2.04. The van der Waals surface area contributed by atoms with E-state index in [1.807, 2.05) is 6.08 Å². The van der Waals surface area contributed by atoms with Gasteiger partial charge in [0.25, 0.3) is 0 Å². The van der Waals surface area contributed by atoms with Crippen LogP contribution >= 0.6 is 0 Å². The molecule has 0 saturated carbocycles. The van der Waals surface area contributed by atoms with Crippen molar-refractivity contribution < 1.29 is 0 Å². The van der Waals surface area contributed by atoms with Crippen LogP contribution in [0.2, 0.25) is 0 Å². The van der Waals surface area contributed by atoms with Crippen LogP contribution in [0.3, 0.4) is 0 Å². The molecular weight excluding hydrogens is 180 g/mol. The van der Waals surface area contributed by atoms with Crippen LogP contribution in [0, 0.1) is 6.92 Å². The van der Waals surface area contributed by atoms with E-state index in [9.17, 15) is 0 Å². The van der Waals surface area contributed by atoms with Crippen LogP contribution < -0.4 is 0 Å². The topological polar surface area (TPSA) is 0 Å². The Hall–Kier alpha value is -1.26. The molecule has 0 N–H and O–H groups in total. The van der Waals surface area contributed by atoms with E-state index >= 15 is 0 Å². The Morgan fingerprint density at radius 2 is 1.87 bits per heavy atom. The SMILES string of the molecule is CCCCCC=C=Cc1ccc(C)cc1. The molecule has 1 aromatic rings. The Morgan fingerprint density at radius 1 is 1.13 bits per heavy atom. The van der Waals surface area contributed by atoms with Crippen molar-refractivity contribution in [1.29, 1.82) is 0 Å². The maximum absolute atomic E-state index is 3.23. The van der Waals surface area contributed by atoms with E-state index in [0.717, 1.165) is 6.42 Å². The van der Waals surface area contributed by atoms with Gasteiger partial charge in [-0.25, -0.2) is 0 Å². The van der Waals surface area contributed by atoms with Gasteiger partial charge < -0.3 is 0 Å². The van der Waals surface area contributed by atoms with Crippen molar-refractivity contribution in [1.82, 2.24) is 0 Å². The summed E-state index contributed by atoms with van der Waals surface area (Å²) in [5.74, 6) is 0.